The molecule has 1 aromatic carbocycles. The van der Waals surface area contributed by atoms with Gasteiger partial charge in [0.15, 0.2) is 0 Å². The Bertz CT molecular complexity index is 974. The first-order chi connectivity index (χ1) is 13.5. The molecule has 6 nitrogen and oxygen atoms in total. The van der Waals surface area contributed by atoms with Gasteiger partial charge in [-0.25, -0.2) is 0 Å². The monoisotopic (exact) mass is 380 g/mol. The molecule has 3 rings (SSSR count). The fourth-order valence-electron chi connectivity index (χ4n) is 2.69. The van der Waals surface area contributed by atoms with E-state index < -0.39 is 11.5 Å². The predicted molar refractivity (Wildman–Crippen MR) is 107 cm³/mol. The van der Waals surface area contributed by atoms with Crippen molar-refractivity contribution in [3.63, 3.8) is 0 Å². The molecule has 0 aliphatic carbocycles. The number of aromatic nitrogens is 1. The maximum Gasteiger partial charge on any atom is 0.261 e. The van der Waals surface area contributed by atoms with Crippen LogP contribution in [0.3, 0.4) is 0 Å². The minimum absolute atomic E-state index is 0.0495. The normalized spacial score (nSPS) is 10.8. The maximum absolute atomic E-state index is 12.5. The molecule has 28 heavy (non-hydrogen) atoms. The molecule has 2 N–H and O–H groups in total. The summed E-state index contributed by atoms with van der Waals surface area (Å²) in [7, 11) is 0. The van der Waals surface area contributed by atoms with Gasteiger partial charge in [0.25, 0.3) is 11.5 Å². The zero-order chi connectivity index (χ0) is 19.9. The second-order valence-electron chi connectivity index (χ2n) is 6.91. The van der Waals surface area contributed by atoms with Crippen molar-refractivity contribution in [3.05, 3.63) is 76.3 Å². The van der Waals surface area contributed by atoms with Crippen LogP contribution in [0.15, 0.2) is 64.0 Å². The standard InChI is InChI=1S/C22H24N2O4/c1-15(2)11-13-28-19-7-4-3-6-16(19)14-23-21(25)17-9-10-18(24-22(17)26)20-8-5-12-27-20/h3-10,12,15H,11,13-14H2,1-2H3,(H,23,25)(H,24,26). The molecular formula is C22H24N2O4. The Kier molecular flexibility index (Phi) is 6.32. The van der Waals surface area contributed by atoms with Crippen LogP contribution >= 0.6 is 0 Å². The highest BCUT2D eigenvalue weighted by atomic mass is 16.5. The second kappa shape index (κ2) is 9.08. The van der Waals surface area contributed by atoms with Crippen LogP contribution in [-0.4, -0.2) is 17.5 Å². The molecule has 0 radical (unpaired) electrons. The van der Waals surface area contributed by atoms with Crippen LogP contribution in [0.2, 0.25) is 0 Å². The number of benzene rings is 1. The Labute approximate surface area is 163 Å². The number of furan rings is 1. The summed E-state index contributed by atoms with van der Waals surface area (Å²) < 4.78 is 11.1. The highest BCUT2D eigenvalue weighted by Gasteiger charge is 2.13. The number of carbonyl (C=O) groups excluding carboxylic acids is 1. The van der Waals surface area contributed by atoms with E-state index in [1.807, 2.05) is 24.3 Å². The number of carbonyl (C=O) groups is 1. The van der Waals surface area contributed by atoms with Crippen molar-refractivity contribution in [1.29, 1.82) is 0 Å². The van der Waals surface area contributed by atoms with E-state index in [1.54, 1.807) is 18.2 Å². The lowest BCUT2D eigenvalue weighted by atomic mass is 10.1. The molecule has 0 unspecified atom stereocenters. The average molecular weight is 380 g/mol. The predicted octanol–water partition coefficient (Wildman–Crippen LogP) is 3.99. The number of ether oxygens (including phenoxy) is 1. The molecule has 6 heteroatoms. The van der Waals surface area contributed by atoms with E-state index in [4.69, 9.17) is 9.15 Å². The van der Waals surface area contributed by atoms with Crippen molar-refractivity contribution in [2.75, 3.05) is 6.61 Å². The average Bonchev–Trinajstić information content (AvgIpc) is 3.21. The second-order valence-corrected chi connectivity index (χ2v) is 6.91. The van der Waals surface area contributed by atoms with Crippen LogP contribution in [0.4, 0.5) is 0 Å². The molecule has 3 aromatic rings. The van der Waals surface area contributed by atoms with Gasteiger partial charge in [0.1, 0.15) is 17.1 Å². The molecule has 1 amide bonds. The SMILES string of the molecule is CC(C)CCOc1ccccc1CNC(=O)c1ccc(-c2ccco2)[nH]c1=O. The Hall–Kier alpha value is -3.28. The van der Waals surface area contributed by atoms with Crippen LogP contribution in [0.5, 0.6) is 5.75 Å². The van der Waals surface area contributed by atoms with Gasteiger partial charge in [0, 0.05) is 12.1 Å². The van der Waals surface area contributed by atoms with E-state index in [0.29, 0.717) is 24.0 Å². The summed E-state index contributed by atoms with van der Waals surface area (Å²) in [5.41, 5.74) is 0.972. The van der Waals surface area contributed by atoms with Gasteiger partial charge in [0.05, 0.1) is 18.6 Å². The quantitative estimate of drug-likeness (QED) is 0.619. The van der Waals surface area contributed by atoms with Crippen LogP contribution in [0, 0.1) is 5.92 Å². The van der Waals surface area contributed by atoms with Gasteiger partial charge in [0.2, 0.25) is 0 Å². The molecular weight excluding hydrogens is 356 g/mol. The van der Waals surface area contributed by atoms with E-state index >= 15 is 0 Å². The van der Waals surface area contributed by atoms with E-state index in [-0.39, 0.29) is 12.1 Å². The van der Waals surface area contributed by atoms with E-state index in [2.05, 4.69) is 24.1 Å². The molecule has 0 saturated carbocycles. The van der Waals surface area contributed by atoms with E-state index in [9.17, 15) is 9.59 Å². The summed E-state index contributed by atoms with van der Waals surface area (Å²) in [6, 6.07) is 14.2. The zero-order valence-corrected chi connectivity index (χ0v) is 16.0. The summed E-state index contributed by atoms with van der Waals surface area (Å²) in [5, 5.41) is 2.79. The molecule has 0 spiro atoms. The van der Waals surface area contributed by atoms with Crippen LogP contribution in [0.1, 0.15) is 36.2 Å². The van der Waals surface area contributed by atoms with Crippen molar-refractivity contribution in [3.8, 4) is 17.2 Å². The smallest absolute Gasteiger partial charge is 0.261 e. The van der Waals surface area contributed by atoms with Gasteiger partial charge in [-0.15, -0.1) is 0 Å². The molecule has 0 aliphatic rings. The Balaban J connectivity index is 1.65. The molecule has 2 aromatic heterocycles. The van der Waals surface area contributed by atoms with Crippen molar-refractivity contribution >= 4 is 5.91 Å². The summed E-state index contributed by atoms with van der Waals surface area (Å²) in [5.74, 6) is 1.40. The zero-order valence-electron chi connectivity index (χ0n) is 16.0. The lowest BCUT2D eigenvalue weighted by Gasteiger charge is -2.13. The van der Waals surface area contributed by atoms with Crippen molar-refractivity contribution in [2.24, 2.45) is 5.92 Å². The number of aromatic amines is 1. The third kappa shape index (κ3) is 4.91. The summed E-state index contributed by atoms with van der Waals surface area (Å²) in [6.07, 6.45) is 2.48. The molecule has 0 saturated heterocycles. The number of rotatable bonds is 8. The number of hydrogen-bond donors (Lipinski definition) is 2. The molecule has 146 valence electrons. The molecule has 0 aliphatic heterocycles. The minimum Gasteiger partial charge on any atom is -0.493 e. The van der Waals surface area contributed by atoms with Gasteiger partial charge >= 0.3 is 0 Å². The van der Waals surface area contributed by atoms with Gasteiger partial charge in [-0.2, -0.15) is 0 Å². The number of H-pyrrole nitrogens is 1. The fraction of sp³-hybridized carbons (Fsp3) is 0.273. The first-order valence-electron chi connectivity index (χ1n) is 9.30. The first kappa shape index (κ1) is 19.5. The lowest BCUT2D eigenvalue weighted by molar-refractivity contribution is 0.0949. The Morgan fingerprint density at radius 3 is 2.68 bits per heavy atom. The van der Waals surface area contributed by atoms with Crippen molar-refractivity contribution < 1.29 is 13.9 Å². The van der Waals surface area contributed by atoms with Crippen LogP contribution in [0.25, 0.3) is 11.5 Å². The number of amides is 1. The molecule has 0 bridgehead atoms. The largest absolute Gasteiger partial charge is 0.493 e. The highest BCUT2D eigenvalue weighted by molar-refractivity contribution is 5.94. The molecule has 0 atom stereocenters. The number of nitrogens with one attached hydrogen (secondary N) is 2. The van der Waals surface area contributed by atoms with Crippen molar-refractivity contribution in [1.82, 2.24) is 10.3 Å². The Morgan fingerprint density at radius 1 is 1.14 bits per heavy atom. The highest BCUT2D eigenvalue weighted by Crippen LogP contribution is 2.19. The summed E-state index contributed by atoms with van der Waals surface area (Å²) >= 11 is 0. The van der Waals surface area contributed by atoms with Gasteiger partial charge in [-0.1, -0.05) is 32.0 Å². The van der Waals surface area contributed by atoms with Crippen molar-refractivity contribution in [2.45, 2.75) is 26.8 Å². The van der Waals surface area contributed by atoms with E-state index in [0.717, 1.165) is 17.7 Å². The van der Waals surface area contributed by atoms with Crippen LogP contribution < -0.4 is 15.6 Å². The van der Waals surface area contributed by atoms with Gasteiger partial charge in [-0.3, -0.25) is 9.59 Å². The summed E-state index contributed by atoms with van der Waals surface area (Å²) in [4.78, 5) is 27.4. The minimum atomic E-state index is -0.465. The topological polar surface area (TPSA) is 84.3 Å². The fourth-order valence-corrected chi connectivity index (χ4v) is 2.69. The lowest BCUT2D eigenvalue weighted by Crippen LogP contribution is -2.29. The molecule has 0 fully saturated rings. The first-order valence-corrected chi connectivity index (χ1v) is 9.30. The number of pyridine rings is 1. The maximum atomic E-state index is 12.5. The third-order valence-electron chi connectivity index (χ3n) is 4.31. The third-order valence-corrected chi connectivity index (χ3v) is 4.31. The summed E-state index contributed by atoms with van der Waals surface area (Å²) in [6.45, 7) is 5.18. The number of hydrogen-bond acceptors (Lipinski definition) is 4. The Morgan fingerprint density at radius 2 is 1.96 bits per heavy atom. The van der Waals surface area contributed by atoms with Crippen LogP contribution in [-0.2, 0) is 6.54 Å². The molecule has 2 heterocycles. The van der Waals surface area contributed by atoms with Gasteiger partial charge < -0.3 is 19.5 Å². The number of para-hydroxylation sites is 1. The van der Waals surface area contributed by atoms with E-state index in [1.165, 1.54) is 12.3 Å². The van der Waals surface area contributed by atoms with Gasteiger partial charge in [-0.05, 0) is 42.7 Å².